The number of benzene rings is 2. The van der Waals surface area contributed by atoms with Gasteiger partial charge in [0.15, 0.2) is 0 Å². The van der Waals surface area contributed by atoms with Crippen LogP contribution in [-0.4, -0.2) is 42.8 Å². The molecule has 4 aromatic rings. The Kier molecular flexibility index (Phi) is 6.17. The summed E-state index contributed by atoms with van der Waals surface area (Å²) in [6.45, 7) is 4.77. The molecular formula is C31H31N5O3. The monoisotopic (exact) mass is 521 g/mol. The van der Waals surface area contributed by atoms with E-state index in [0.717, 1.165) is 59.9 Å². The van der Waals surface area contributed by atoms with Crippen molar-refractivity contribution >= 4 is 17.1 Å². The van der Waals surface area contributed by atoms with E-state index in [4.69, 9.17) is 9.47 Å². The van der Waals surface area contributed by atoms with Gasteiger partial charge in [-0.25, -0.2) is 0 Å². The third-order valence-corrected chi connectivity index (χ3v) is 7.83. The van der Waals surface area contributed by atoms with Crippen molar-refractivity contribution in [3.63, 3.8) is 0 Å². The highest BCUT2D eigenvalue weighted by atomic mass is 16.5. The first kappa shape index (κ1) is 23.8. The summed E-state index contributed by atoms with van der Waals surface area (Å²) in [4.78, 5) is 24.0. The molecule has 0 radical (unpaired) electrons. The molecule has 1 unspecified atom stereocenters. The number of fused-ring (bicyclic) bond motifs is 2. The summed E-state index contributed by atoms with van der Waals surface area (Å²) in [5, 5.41) is 3.56. The van der Waals surface area contributed by atoms with Crippen molar-refractivity contribution < 1.29 is 9.47 Å². The number of H-pyrrole nitrogens is 1. The number of hydrogen-bond donors (Lipinski definition) is 2. The summed E-state index contributed by atoms with van der Waals surface area (Å²) in [5.74, 6) is 1.74. The quantitative estimate of drug-likeness (QED) is 0.330. The van der Waals surface area contributed by atoms with E-state index in [2.05, 4.69) is 61.5 Å². The van der Waals surface area contributed by atoms with E-state index in [1.165, 1.54) is 17.7 Å². The van der Waals surface area contributed by atoms with Gasteiger partial charge in [0.1, 0.15) is 23.3 Å². The molecule has 2 N–H and O–H groups in total. The van der Waals surface area contributed by atoms with Crippen molar-refractivity contribution in [3.8, 4) is 11.5 Å². The molecule has 8 heteroatoms. The predicted octanol–water partition coefficient (Wildman–Crippen LogP) is 4.87. The van der Waals surface area contributed by atoms with Gasteiger partial charge in [0.05, 0.1) is 18.5 Å². The maximum atomic E-state index is 12.4. The second-order valence-corrected chi connectivity index (χ2v) is 10.4. The number of para-hydroxylation sites is 1. The molecule has 0 amide bonds. The van der Waals surface area contributed by atoms with Crippen LogP contribution in [0.25, 0.3) is 0 Å². The minimum Gasteiger partial charge on any atom is -0.456 e. The SMILES string of the molecule is O=c1[nH]cccc1N1CCOC(c2cccc3c2Oc2ccc(NCc4cncc(N5CCC5)c4)cc2C3)C1. The number of pyridine rings is 2. The van der Waals surface area contributed by atoms with E-state index in [1.807, 2.05) is 30.6 Å². The fourth-order valence-electron chi connectivity index (χ4n) is 5.60. The smallest absolute Gasteiger partial charge is 0.271 e. The van der Waals surface area contributed by atoms with Gasteiger partial charge in [-0.3, -0.25) is 9.78 Å². The molecule has 0 bridgehead atoms. The number of aromatic nitrogens is 2. The highest BCUT2D eigenvalue weighted by Crippen LogP contribution is 2.43. The minimum absolute atomic E-state index is 0.0806. The van der Waals surface area contributed by atoms with Gasteiger partial charge in [0.2, 0.25) is 0 Å². The Morgan fingerprint density at radius 3 is 2.82 bits per heavy atom. The number of rotatable bonds is 6. The first-order valence-corrected chi connectivity index (χ1v) is 13.6. The highest BCUT2D eigenvalue weighted by Gasteiger charge is 2.29. The second-order valence-electron chi connectivity index (χ2n) is 10.4. The molecule has 198 valence electrons. The fourth-order valence-corrected chi connectivity index (χ4v) is 5.60. The van der Waals surface area contributed by atoms with Crippen LogP contribution in [0.4, 0.5) is 17.1 Å². The van der Waals surface area contributed by atoms with Gasteiger partial charge in [0, 0.05) is 68.4 Å². The fraction of sp³-hybridized carbons (Fsp3) is 0.290. The average molecular weight is 522 g/mol. The van der Waals surface area contributed by atoms with Crippen molar-refractivity contribution in [2.75, 3.05) is 47.9 Å². The van der Waals surface area contributed by atoms with Crippen LogP contribution in [0, 0.1) is 0 Å². The van der Waals surface area contributed by atoms with Gasteiger partial charge in [-0.15, -0.1) is 0 Å². The molecule has 7 rings (SSSR count). The average Bonchev–Trinajstić information content (AvgIpc) is 2.94. The molecule has 1 atom stereocenters. The summed E-state index contributed by atoms with van der Waals surface area (Å²) >= 11 is 0. The van der Waals surface area contributed by atoms with E-state index < -0.39 is 0 Å². The van der Waals surface area contributed by atoms with Crippen LogP contribution in [0.3, 0.4) is 0 Å². The molecule has 2 aromatic heterocycles. The minimum atomic E-state index is -0.184. The zero-order valence-corrected chi connectivity index (χ0v) is 21.7. The van der Waals surface area contributed by atoms with Crippen LogP contribution in [0.1, 0.15) is 34.8 Å². The molecule has 0 aliphatic carbocycles. The molecule has 0 saturated carbocycles. The number of nitrogens with zero attached hydrogens (tertiary/aromatic N) is 3. The molecular weight excluding hydrogens is 490 g/mol. The van der Waals surface area contributed by atoms with Gasteiger partial charge in [-0.2, -0.15) is 0 Å². The summed E-state index contributed by atoms with van der Waals surface area (Å²) < 4.78 is 12.7. The van der Waals surface area contributed by atoms with Gasteiger partial charge >= 0.3 is 0 Å². The molecule has 0 spiro atoms. The van der Waals surface area contributed by atoms with E-state index in [9.17, 15) is 4.79 Å². The first-order chi connectivity index (χ1) is 19.2. The van der Waals surface area contributed by atoms with Gasteiger partial charge < -0.3 is 29.6 Å². The van der Waals surface area contributed by atoms with Crippen molar-refractivity contribution in [1.82, 2.24) is 9.97 Å². The predicted molar refractivity (Wildman–Crippen MR) is 152 cm³/mol. The van der Waals surface area contributed by atoms with Crippen LogP contribution in [0.15, 0.2) is 78.0 Å². The van der Waals surface area contributed by atoms with Crippen molar-refractivity contribution in [1.29, 1.82) is 0 Å². The van der Waals surface area contributed by atoms with Crippen molar-refractivity contribution in [2.24, 2.45) is 0 Å². The Bertz CT molecular complexity index is 1560. The van der Waals surface area contributed by atoms with E-state index in [-0.39, 0.29) is 11.7 Å². The lowest BCUT2D eigenvalue weighted by atomic mass is 9.95. The number of anilines is 3. The number of nitrogens with one attached hydrogen (secondary N) is 2. The largest absolute Gasteiger partial charge is 0.456 e. The lowest BCUT2D eigenvalue weighted by Gasteiger charge is -2.35. The number of ether oxygens (including phenoxy) is 2. The summed E-state index contributed by atoms with van der Waals surface area (Å²) in [5.41, 5.74) is 7.33. The summed E-state index contributed by atoms with van der Waals surface area (Å²) in [6.07, 6.45) is 7.39. The lowest BCUT2D eigenvalue weighted by Crippen LogP contribution is -2.41. The first-order valence-electron chi connectivity index (χ1n) is 13.6. The third kappa shape index (κ3) is 4.72. The maximum absolute atomic E-state index is 12.4. The topological polar surface area (TPSA) is 82.7 Å². The number of hydrogen-bond acceptors (Lipinski definition) is 7. The Morgan fingerprint density at radius 2 is 1.95 bits per heavy atom. The third-order valence-electron chi connectivity index (χ3n) is 7.83. The van der Waals surface area contributed by atoms with Crippen LogP contribution < -0.4 is 25.4 Å². The van der Waals surface area contributed by atoms with Crippen molar-refractivity contribution in [2.45, 2.75) is 25.5 Å². The molecule has 3 aliphatic rings. The van der Waals surface area contributed by atoms with E-state index in [1.54, 1.807) is 6.20 Å². The number of aromatic amines is 1. The summed E-state index contributed by atoms with van der Waals surface area (Å²) in [6, 6.07) is 18.5. The standard InChI is InChI=1S/C31H31N5O3/c37-31-27(6-2-9-33-31)36-12-13-38-29(20-36)26-5-1-4-22-15-23-16-24(7-8-28(23)39-30(22)26)34-18-21-14-25(19-32-17-21)35-10-3-11-35/h1-2,4-9,14,16-17,19,29,34H,3,10-13,15,18,20H2,(H,33,37). The molecule has 5 heterocycles. The molecule has 2 fully saturated rings. The Balaban J connectivity index is 1.07. The highest BCUT2D eigenvalue weighted by molar-refractivity contribution is 5.59. The normalized spacial score (nSPS) is 18.0. The van der Waals surface area contributed by atoms with Crippen LogP contribution in [-0.2, 0) is 17.7 Å². The zero-order valence-electron chi connectivity index (χ0n) is 21.7. The number of morpholine rings is 1. The summed E-state index contributed by atoms with van der Waals surface area (Å²) in [7, 11) is 0. The Morgan fingerprint density at radius 1 is 1.00 bits per heavy atom. The molecule has 8 nitrogen and oxygen atoms in total. The Labute approximate surface area is 227 Å². The van der Waals surface area contributed by atoms with Crippen LogP contribution in [0.5, 0.6) is 11.5 Å². The Hall–Kier alpha value is -4.30. The van der Waals surface area contributed by atoms with E-state index in [0.29, 0.717) is 25.4 Å². The zero-order chi connectivity index (χ0) is 26.2. The van der Waals surface area contributed by atoms with Crippen LogP contribution in [0.2, 0.25) is 0 Å². The van der Waals surface area contributed by atoms with Gasteiger partial charge in [0.25, 0.3) is 5.56 Å². The van der Waals surface area contributed by atoms with Crippen molar-refractivity contribution in [3.05, 3.63) is 106 Å². The van der Waals surface area contributed by atoms with Crippen LogP contribution >= 0.6 is 0 Å². The lowest BCUT2D eigenvalue weighted by molar-refractivity contribution is 0.0383. The molecule has 2 saturated heterocycles. The maximum Gasteiger partial charge on any atom is 0.271 e. The van der Waals surface area contributed by atoms with E-state index >= 15 is 0 Å². The van der Waals surface area contributed by atoms with Gasteiger partial charge in [-0.05, 0) is 53.9 Å². The molecule has 3 aliphatic heterocycles. The molecule has 2 aromatic carbocycles. The second kappa shape index (κ2) is 10.1. The molecule has 39 heavy (non-hydrogen) atoms. The van der Waals surface area contributed by atoms with Gasteiger partial charge in [-0.1, -0.05) is 18.2 Å².